The number of rotatable bonds is 7. The second kappa shape index (κ2) is 8.79. The van der Waals surface area contributed by atoms with Crippen LogP contribution in [0.25, 0.3) is 0 Å². The number of carbonyl (C=O) groups excluding carboxylic acids is 1. The van der Waals surface area contributed by atoms with Gasteiger partial charge in [0.2, 0.25) is 0 Å². The summed E-state index contributed by atoms with van der Waals surface area (Å²) in [6.45, 7) is 0. The molecule has 140 valence electrons. The SMILES string of the molecule is COc1ccc(Nc2nc(C(=O)Nc3ccccc3SC)cs2)cc1OC. The molecule has 0 aliphatic rings. The number of hydrogen-bond donors (Lipinski definition) is 2. The Morgan fingerprint density at radius 1 is 1.11 bits per heavy atom. The first-order valence-electron chi connectivity index (χ1n) is 8.03. The molecule has 0 unspecified atom stereocenters. The van der Waals surface area contributed by atoms with Crippen LogP contribution < -0.4 is 20.1 Å². The van der Waals surface area contributed by atoms with Crippen LogP contribution in [-0.4, -0.2) is 31.4 Å². The summed E-state index contributed by atoms with van der Waals surface area (Å²) in [6, 6.07) is 13.1. The third-order valence-electron chi connectivity index (χ3n) is 3.73. The number of anilines is 3. The molecule has 8 heteroatoms. The molecule has 1 aromatic heterocycles. The van der Waals surface area contributed by atoms with Crippen molar-refractivity contribution in [3.63, 3.8) is 0 Å². The molecular formula is C19H19N3O3S2. The van der Waals surface area contributed by atoms with Gasteiger partial charge in [0.1, 0.15) is 5.69 Å². The quantitative estimate of drug-likeness (QED) is 0.550. The van der Waals surface area contributed by atoms with Gasteiger partial charge in [-0.3, -0.25) is 4.79 Å². The first-order chi connectivity index (χ1) is 13.1. The Balaban J connectivity index is 1.72. The highest BCUT2D eigenvalue weighted by molar-refractivity contribution is 7.98. The first-order valence-corrected chi connectivity index (χ1v) is 10.1. The second-order valence-electron chi connectivity index (χ2n) is 5.39. The molecule has 0 bridgehead atoms. The fourth-order valence-electron chi connectivity index (χ4n) is 2.41. The molecule has 0 aliphatic carbocycles. The zero-order valence-corrected chi connectivity index (χ0v) is 16.7. The number of nitrogens with zero attached hydrogens (tertiary/aromatic N) is 1. The average molecular weight is 402 g/mol. The Bertz CT molecular complexity index is 943. The van der Waals surface area contributed by atoms with Gasteiger partial charge in [0, 0.05) is 22.0 Å². The number of ether oxygens (including phenoxy) is 2. The van der Waals surface area contributed by atoms with E-state index in [0.717, 1.165) is 16.3 Å². The van der Waals surface area contributed by atoms with Gasteiger partial charge in [-0.1, -0.05) is 12.1 Å². The molecule has 0 saturated heterocycles. The summed E-state index contributed by atoms with van der Waals surface area (Å²) in [5, 5.41) is 8.43. The van der Waals surface area contributed by atoms with E-state index in [2.05, 4.69) is 15.6 Å². The van der Waals surface area contributed by atoms with Crippen LogP contribution in [0.4, 0.5) is 16.5 Å². The van der Waals surface area contributed by atoms with Crippen LogP contribution in [0, 0.1) is 0 Å². The van der Waals surface area contributed by atoms with E-state index in [1.54, 1.807) is 31.4 Å². The van der Waals surface area contributed by atoms with Gasteiger partial charge < -0.3 is 20.1 Å². The predicted octanol–water partition coefficient (Wildman–Crippen LogP) is 4.88. The van der Waals surface area contributed by atoms with Gasteiger partial charge in [-0.05, 0) is 30.5 Å². The molecular weight excluding hydrogens is 382 g/mol. The summed E-state index contributed by atoms with van der Waals surface area (Å²) >= 11 is 2.94. The molecule has 2 aromatic carbocycles. The normalized spacial score (nSPS) is 10.3. The highest BCUT2D eigenvalue weighted by atomic mass is 32.2. The average Bonchev–Trinajstić information content (AvgIpc) is 3.17. The predicted molar refractivity (Wildman–Crippen MR) is 111 cm³/mol. The number of thioether (sulfide) groups is 1. The van der Waals surface area contributed by atoms with Gasteiger partial charge in [0.25, 0.3) is 5.91 Å². The molecule has 1 amide bonds. The first kappa shape index (κ1) is 19.1. The summed E-state index contributed by atoms with van der Waals surface area (Å²) in [5.74, 6) is 1.02. The maximum Gasteiger partial charge on any atom is 0.275 e. The van der Waals surface area contributed by atoms with Crippen molar-refractivity contribution in [1.82, 2.24) is 4.98 Å². The van der Waals surface area contributed by atoms with Crippen LogP contribution in [0.2, 0.25) is 0 Å². The number of aromatic nitrogens is 1. The van der Waals surface area contributed by atoms with Gasteiger partial charge in [-0.15, -0.1) is 23.1 Å². The fraction of sp³-hybridized carbons (Fsp3) is 0.158. The van der Waals surface area contributed by atoms with Crippen LogP contribution in [0.5, 0.6) is 11.5 Å². The van der Waals surface area contributed by atoms with E-state index in [1.165, 1.54) is 11.3 Å². The highest BCUT2D eigenvalue weighted by Gasteiger charge is 2.13. The van der Waals surface area contributed by atoms with Crippen molar-refractivity contribution in [3.05, 3.63) is 53.5 Å². The summed E-state index contributed by atoms with van der Waals surface area (Å²) < 4.78 is 10.5. The largest absolute Gasteiger partial charge is 0.493 e. The topological polar surface area (TPSA) is 72.5 Å². The minimum Gasteiger partial charge on any atom is -0.493 e. The number of thiazole rings is 1. The Kier molecular flexibility index (Phi) is 6.20. The van der Waals surface area contributed by atoms with Crippen LogP contribution in [0.1, 0.15) is 10.5 Å². The smallest absolute Gasteiger partial charge is 0.275 e. The van der Waals surface area contributed by atoms with E-state index < -0.39 is 0 Å². The molecule has 0 spiro atoms. The molecule has 0 atom stereocenters. The van der Waals surface area contributed by atoms with E-state index in [4.69, 9.17) is 9.47 Å². The third kappa shape index (κ3) is 4.53. The second-order valence-corrected chi connectivity index (χ2v) is 7.09. The van der Waals surface area contributed by atoms with Crippen molar-refractivity contribution in [2.24, 2.45) is 0 Å². The molecule has 6 nitrogen and oxygen atoms in total. The molecule has 0 radical (unpaired) electrons. The summed E-state index contributed by atoms with van der Waals surface area (Å²) in [4.78, 5) is 17.9. The lowest BCUT2D eigenvalue weighted by atomic mass is 10.3. The van der Waals surface area contributed by atoms with Crippen LogP contribution in [0.15, 0.2) is 52.7 Å². The summed E-state index contributed by atoms with van der Waals surface area (Å²) in [6.07, 6.45) is 1.97. The van der Waals surface area contributed by atoms with E-state index in [9.17, 15) is 4.79 Å². The Hall–Kier alpha value is -2.71. The Morgan fingerprint density at radius 2 is 1.89 bits per heavy atom. The molecule has 3 aromatic rings. The number of hydrogen-bond acceptors (Lipinski definition) is 7. The van der Waals surface area contributed by atoms with Crippen molar-refractivity contribution in [2.75, 3.05) is 31.1 Å². The number of methoxy groups -OCH3 is 2. The lowest BCUT2D eigenvalue weighted by Gasteiger charge is -2.10. The number of amides is 1. The minimum atomic E-state index is -0.242. The van der Waals surface area contributed by atoms with Gasteiger partial charge in [-0.25, -0.2) is 4.98 Å². The molecule has 27 heavy (non-hydrogen) atoms. The van der Waals surface area contributed by atoms with Gasteiger partial charge in [0.15, 0.2) is 16.6 Å². The Labute approximate surface area is 165 Å². The van der Waals surface area contributed by atoms with E-state index in [-0.39, 0.29) is 5.91 Å². The molecule has 0 fully saturated rings. The van der Waals surface area contributed by atoms with Crippen molar-refractivity contribution >= 4 is 45.5 Å². The van der Waals surface area contributed by atoms with E-state index in [0.29, 0.717) is 22.3 Å². The van der Waals surface area contributed by atoms with Crippen LogP contribution >= 0.6 is 23.1 Å². The highest BCUT2D eigenvalue weighted by Crippen LogP contribution is 2.32. The van der Waals surface area contributed by atoms with Crippen molar-refractivity contribution in [2.45, 2.75) is 4.90 Å². The van der Waals surface area contributed by atoms with Crippen LogP contribution in [0.3, 0.4) is 0 Å². The van der Waals surface area contributed by atoms with Crippen molar-refractivity contribution in [3.8, 4) is 11.5 Å². The number of para-hydroxylation sites is 1. The molecule has 0 aliphatic heterocycles. The zero-order valence-electron chi connectivity index (χ0n) is 15.1. The van der Waals surface area contributed by atoms with E-state index >= 15 is 0 Å². The number of carbonyl (C=O) groups is 1. The lowest BCUT2D eigenvalue weighted by Crippen LogP contribution is -2.13. The number of nitrogens with one attached hydrogen (secondary N) is 2. The molecule has 0 saturated carbocycles. The van der Waals surface area contributed by atoms with Gasteiger partial charge >= 0.3 is 0 Å². The van der Waals surface area contributed by atoms with Gasteiger partial charge in [-0.2, -0.15) is 0 Å². The summed E-state index contributed by atoms with van der Waals surface area (Å²) in [7, 11) is 3.17. The molecule has 1 heterocycles. The van der Waals surface area contributed by atoms with Crippen LogP contribution in [-0.2, 0) is 0 Å². The monoisotopic (exact) mass is 401 g/mol. The van der Waals surface area contributed by atoms with Crippen molar-refractivity contribution in [1.29, 1.82) is 0 Å². The van der Waals surface area contributed by atoms with Gasteiger partial charge in [0.05, 0.1) is 19.9 Å². The Morgan fingerprint density at radius 3 is 2.63 bits per heavy atom. The summed E-state index contributed by atoms with van der Waals surface area (Å²) in [5.41, 5.74) is 1.93. The zero-order chi connectivity index (χ0) is 19.2. The minimum absolute atomic E-state index is 0.242. The number of benzene rings is 2. The fourth-order valence-corrected chi connectivity index (χ4v) is 3.67. The molecule has 3 rings (SSSR count). The third-order valence-corrected chi connectivity index (χ3v) is 5.28. The maximum atomic E-state index is 12.5. The maximum absolute atomic E-state index is 12.5. The standard InChI is InChI=1S/C19H19N3O3S2/c1-24-15-9-8-12(10-16(15)25-2)20-19-22-14(11-27-19)18(23)21-13-6-4-5-7-17(13)26-3/h4-11H,1-3H3,(H,20,22)(H,21,23). The lowest BCUT2D eigenvalue weighted by molar-refractivity contribution is 0.102. The van der Waals surface area contributed by atoms with E-state index in [1.807, 2.05) is 48.7 Å². The van der Waals surface area contributed by atoms with Crippen molar-refractivity contribution < 1.29 is 14.3 Å². The molecule has 2 N–H and O–H groups in total.